The molecule has 0 saturated carbocycles. The van der Waals surface area contributed by atoms with Crippen molar-refractivity contribution >= 4 is 0 Å². The molecular weight excluding hydrogens is 262 g/mol. The third-order valence-electron chi connectivity index (χ3n) is 3.59. The maximum absolute atomic E-state index is 5.93. The van der Waals surface area contributed by atoms with Crippen molar-refractivity contribution in [1.82, 2.24) is 5.32 Å². The summed E-state index contributed by atoms with van der Waals surface area (Å²) in [6, 6.07) is 8.46. The van der Waals surface area contributed by atoms with Crippen LogP contribution in [-0.2, 0) is 4.74 Å². The van der Waals surface area contributed by atoms with Gasteiger partial charge in [0.1, 0.15) is 5.75 Å². The summed E-state index contributed by atoms with van der Waals surface area (Å²) in [5.74, 6) is 1.40. The van der Waals surface area contributed by atoms with Crippen molar-refractivity contribution in [2.24, 2.45) is 5.92 Å². The molecule has 0 radical (unpaired) electrons. The number of nitrogens with one attached hydrogen (secondary N) is 1. The van der Waals surface area contributed by atoms with Gasteiger partial charge >= 0.3 is 0 Å². The number of hydrogen-bond acceptors (Lipinski definition) is 3. The Balaban J connectivity index is 3.06. The molecule has 1 rings (SSSR count). The van der Waals surface area contributed by atoms with Crippen molar-refractivity contribution in [2.75, 3.05) is 20.3 Å². The molecular formula is C18H31NO2. The van der Waals surface area contributed by atoms with E-state index in [1.807, 2.05) is 6.07 Å². The zero-order valence-electron chi connectivity index (χ0n) is 14.2. The minimum atomic E-state index is 0.128. The second-order valence-corrected chi connectivity index (χ2v) is 5.76. The molecule has 0 fully saturated rings. The van der Waals surface area contributed by atoms with Gasteiger partial charge in [0.25, 0.3) is 0 Å². The van der Waals surface area contributed by atoms with Crippen LogP contribution in [0.5, 0.6) is 5.75 Å². The van der Waals surface area contributed by atoms with E-state index in [1.54, 1.807) is 7.11 Å². The maximum atomic E-state index is 5.93. The van der Waals surface area contributed by atoms with Gasteiger partial charge in [0.2, 0.25) is 0 Å². The van der Waals surface area contributed by atoms with Crippen molar-refractivity contribution in [1.29, 1.82) is 0 Å². The first-order valence-corrected chi connectivity index (χ1v) is 8.13. The third kappa shape index (κ3) is 5.33. The minimum absolute atomic E-state index is 0.128. The SMILES string of the molecule is CCCNC(c1ccccc1OCCC)C(OC)C(C)C. The van der Waals surface area contributed by atoms with E-state index in [0.717, 1.165) is 31.7 Å². The van der Waals surface area contributed by atoms with Gasteiger partial charge in [-0.1, -0.05) is 45.9 Å². The molecule has 0 amide bonds. The summed E-state index contributed by atoms with van der Waals surface area (Å²) in [6.45, 7) is 10.4. The van der Waals surface area contributed by atoms with E-state index in [9.17, 15) is 0 Å². The van der Waals surface area contributed by atoms with Crippen LogP contribution in [-0.4, -0.2) is 26.4 Å². The molecule has 0 aromatic heterocycles. The van der Waals surface area contributed by atoms with Gasteiger partial charge in [-0.15, -0.1) is 0 Å². The fourth-order valence-electron chi connectivity index (χ4n) is 2.58. The Kier molecular flexibility index (Phi) is 8.40. The fraction of sp³-hybridized carbons (Fsp3) is 0.667. The minimum Gasteiger partial charge on any atom is -0.493 e. The number of para-hydroxylation sites is 1. The summed E-state index contributed by atoms with van der Waals surface area (Å²) in [5.41, 5.74) is 1.19. The lowest BCUT2D eigenvalue weighted by Gasteiger charge is -2.31. The predicted octanol–water partition coefficient (Wildman–Crippen LogP) is 4.19. The lowest BCUT2D eigenvalue weighted by Crippen LogP contribution is -2.37. The summed E-state index contributed by atoms with van der Waals surface area (Å²) < 4.78 is 11.7. The van der Waals surface area contributed by atoms with Crippen LogP contribution in [0.4, 0.5) is 0 Å². The van der Waals surface area contributed by atoms with E-state index >= 15 is 0 Å². The van der Waals surface area contributed by atoms with Gasteiger partial charge in [0.15, 0.2) is 0 Å². The van der Waals surface area contributed by atoms with Gasteiger partial charge in [-0.3, -0.25) is 0 Å². The smallest absolute Gasteiger partial charge is 0.124 e. The summed E-state index contributed by atoms with van der Waals surface area (Å²) in [4.78, 5) is 0. The van der Waals surface area contributed by atoms with Crippen LogP contribution in [0, 0.1) is 5.92 Å². The Morgan fingerprint density at radius 1 is 1.10 bits per heavy atom. The molecule has 0 heterocycles. The average molecular weight is 293 g/mol. The summed E-state index contributed by atoms with van der Waals surface area (Å²) in [6.07, 6.45) is 2.24. The first-order valence-electron chi connectivity index (χ1n) is 8.13. The lowest BCUT2D eigenvalue weighted by atomic mass is 9.92. The maximum Gasteiger partial charge on any atom is 0.124 e. The molecule has 0 spiro atoms. The largest absolute Gasteiger partial charge is 0.493 e. The van der Waals surface area contributed by atoms with E-state index < -0.39 is 0 Å². The van der Waals surface area contributed by atoms with E-state index in [1.165, 1.54) is 5.56 Å². The lowest BCUT2D eigenvalue weighted by molar-refractivity contribution is 0.0318. The molecule has 1 N–H and O–H groups in total. The highest BCUT2D eigenvalue weighted by molar-refractivity contribution is 5.36. The summed E-state index contributed by atoms with van der Waals surface area (Å²) in [5, 5.41) is 3.63. The monoisotopic (exact) mass is 293 g/mol. The highest BCUT2D eigenvalue weighted by Gasteiger charge is 2.27. The van der Waals surface area contributed by atoms with Gasteiger partial charge in [0, 0.05) is 12.7 Å². The zero-order chi connectivity index (χ0) is 15.7. The first-order chi connectivity index (χ1) is 10.2. The summed E-state index contributed by atoms with van der Waals surface area (Å²) in [7, 11) is 1.79. The Hall–Kier alpha value is -1.06. The molecule has 0 saturated heterocycles. The quantitative estimate of drug-likeness (QED) is 0.702. The number of methoxy groups -OCH3 is 1. The standard InChI is InChI=1S/C18H31NO2/c1-6-12-19-17(18(20-5)14(3)4)15-10-8-9-11-16(15)21-13-7-2/h8-11,14,17-19H,6-7,12-13H2,1-5H3. The molecule has 0 aliphatic heterocycles. The Labute approximate surface area is 130 Å². The molecule has 1 aromatic rings. The van der Waals surface area contributed by atoms with Gasteiger partial charge in [0.05, 0.1) is 18.8 Å². The third-order valence-corrected chi connectivity index (χ3v) is 3.59. The topological polar surface area (TPSA) is 30.5 Å². The van der Waals surface area contributed by atoms with Crippen LogP contribution >= 0.6 is 0 Å². The van der Waals surface area contributed by atoms with Gasteiger partial charge in [-0.05, 0) is 31.4 Å². The Bertz CT molecular complexity index is 393. The second kappa shape index (κ2) is 9.80. The highest BCUT2D eigenvalue weighted by atomic mass is 16.5. The van der Waals surface area contributed by atoms with Crippen LogP contribution in [0.2, 0.25) is 0 Å². The van der Waals surface area contributed by atoms with E-state index in [-0.39, 0.29) is 12.1 Å². The first kappa shape index (κ1) is 18.0. The van der Waals surface area contributed by atoms with Gasteiger partial charge in [-0.25, -0.2) is 0 Å². The number of rotatable bonds is 10. The Morgan fingerprint density at radius 2 is 1.81 bits per heavy atom. The second-order valence-electron chi connectivity index (χ2n) is 5.76. The molecule has 0 aliphatic rings. The van der Waals surface area contributed by atoms with Crippen molar-refractivity contribution < 1.29 is 9.47 Å². The van der Waals surface area contributed by atoms with E-state index in [0.29, 0.717) is 5.92 Å². The molecule has 0 bridgehead atoms. The molecule has 3 nitrogen and oxygen atoms in total. The van der Waals surface area contributed by atoms with Crippen molar-refractivity contribution in [3.8, 4) is 5.75 Å². The molecule has 2 unspecified atom stereocenters. The highest BCUT2D eigenvalue weighted by Crippen LogP contribution is 2.31. The average Bonchev–Trinajstić information content (AvgIpc) is 2.49. The Morgan fingerprint density at radius 3 is 2.38 bits per heavy atom. The normalized spacial score (nSPS) is 14.2. The van der Waals surface area contributed by atoms with Crippen molar-refractivity contribution in [3.63, 3.8) is 0 Å². The molecule has 21 heavy (non-hydrogen) atoms. The van der Waals surface area contributed by atoms with Crippen LogP contribution in [0.3, 0.4) is 0 Å². The molecule has 1 aromatic carbocycles. The zero-order valence-corrected chi connectivity index (χ0v) is 14.2. The van der Waals surface area contributed by atoms with Crippen LogP contribution in [0.25, 0.3) is 0 Å². The van der Waals surface area contributed by atoms with Gasteiger partial charge in [-0.2, -0.15) is 0 Å². The number of benzene rings is 1. The van der Waals surface area contributed by atoms with E-state index in [4.69, 9.17) is 9.47 Å². The van der Waals surface area contributed by atoms with Gasteiger partial charge < -0.3 is 14.8 Å². The van der Waals surface area contributed by atoms with Crippen molar-refractivity contribution in [3.05, 3.63) is 29.8 Å². The van der Waals surface area contributed by atoms with Crippen LogP contribution < -0.4 is 10.1 Å². The molecule has 3 heteroatoms. The number of hydrogen-bond donors (Lipinski definition) is 1. The fourth-order valence-corrected chi connectivity index (χ4v) is 2.58. The van der Waals surface area contributed by atoms with E-state index in [2.05, 4.69) is 51.2 Å². The van der Waals surface area contributed by atoms with Crippen molar-refractivity contribution in [2.45, 2.75) is 52.7 Å². The van der Waals surface area contributed by atoms with Crippen LogP contribution in [0.1, 0.15) is 52.1 Å². The molecule has 120 valence electrons. The number of ether oxygens (including phenoxy) is 2. The molecule has 0 aliphatic carbocycles. The summed E-state index contributed by atoms with van der Waals surface area (Å²) >= 11 is 0. The van der Waals surface area contributed by atoms with Crippen LogP contribution in [0.15, 0.2) is 24.3 Å². The predicted molar refractivity (Wildman–Crippen MR) is 88.9 cm³/mol. The molecule has 2 atom stereocenters.